The zero-order valence-corrected chi connectivity index (χ0v) is 29.2. The zero-order valence-electron chi connectivity index (χ0n) is 29.2. The Balaban J connectivity index is 1.00. The first-order chi connectivity index (χ1) is 25.2. The first-order valence-electron chi connectivity index (χ1n) is 17.1. The lowest BCUT2D eigenvalue weighted by Gasteiger charge is -2.07. The molecule has 0 saturated carbocycles. The monoisotopic (exact) mass is 698 g/mol. The molecule has 52 heavy (non-hydrogen) atoms. The highest BCUT2D eigenvalue weighted by molar-refractivity contribution is 5.59. The Kier molecular flexibility index (Phi) is 8.57. The van der Waals surface area contributed by atoms with Crippen molar-refractivity contribution in [3.8, 4) is 22.5 Å². The van der Waals surface area contributed by atoms with Crippen LogP contribution in [-0.4, -0.2) is 58.3 Å². The van der Waals surface area contributed by atoms with Crippen LogP contribution < -0.4 is 0 Å². The van der Waals surface area contributed by atoms with Crippen LogP contribution in [0.3, 0.4) is 0 Å². The van der Waals surface area contributed by atoms with Crippen LogP contribution >= 0.6 is 0 Å². The minimum absolute atomic E-state index is 0.0255. The van der Waals surface area contributed by atoms with Crippen LogP contribution in [0.25, 0.3) is 33.8 Å². The van der Waals surface area contributed by atoms with Gasteiger partial charge in [-0.25, -0.2) is 37.7 Å². The highest BCUT2D eigenvalue weighted by Gasteiger charge is 2.24. The van der Waals surface area contributed by atoms with Crippen LogP contribution in [0, 0.1) is 13.8 Å². The number of aryl methyl sites for hydroxylation is 6. The van der Waals surface area contributed by atoms with E-state index in [1.807, 2.05) is 98.5 Å². The van der Waals surface area contributed by atoms with Gasteiger partial charge in [0.25, 0.3) is 0 Å². The van der Waals surface area contributed by atoms with E-state index in [-0.39, 0.29) is 18.7 Å². The van der Waals surface area contributed by atoms with E-state index < -0.39 is 12.3 Å². The Bertz CT molecular complexity index is 2520. The molecule has 0 radical (unpaired) electrons. The number of fused-ring (bicyclic) bond motifs is 2. The van der Waals surface area contributed by atoms with Crippen LogP contribution in [0.4, 0.5) is 8.78 Å². The quantitative estimate of drug-likeness (QED) is 0.155. The molecule has 0 N–H and O–H groups in total. The lowest BCUT2D eigenvalue weighted by Crippen LogP contribution is -2.08. The summed E-state index contributed by atoms with van der Waals surface area (Å²) in [6, 6.07) is 19.5. The van der Waals surface area contributed by atoms with Crippen molar-refractivity contribution < 1.29 is 8.78 Å². The first kappa shape index (κ1) is 33.0. The number of alkyl halides is 2. The fraction of sp³-hybridized carbons (Fsp3) is 0.263. The summed E-state index contributed by atoms with van der Waals surface area (Å²) >= 11 is 0. The molecule has 2 atom stereocenters. The van der Waals surface area contributed by atoms with Crippen molar-refractivity contribution in [3.05, 3.63) is 132 Å². The predicted molar refractivity (Wildman–Crippen MR) is 191 cm³/mol. The molecule has 0 bridgehead atoms. The molecule has 262 valence electrons. The smallest absolute Gasteiger partial charge is 0.186 e. The third-order valence-corrected chi connectivity index (χ3v) is 9.20. The third kappa shape index (κ3) is 6.31. The van der Waals surface area contributed by atoms with Crippen LogP contribution in [-0.2, 0) is 39.8 Å². The average molecular weight is 699 g/mol. The molecule has 0 aliphatic heterocycles. The molecule has 8 rings (SSSR count). The van der Waals surface area contributed by atoms with Gasteiger partial charge in [0, 0.05) is 62.9 Å². The molecule has 0 spiro atoms. The molecule has 0 saturated heterocycles. The van der Waals surface area contributed by atoms with Crippen molar-refractivity contribution >= 4 is 11.3 Å². The molecule has 2 unspecified atom stereocenters. The molecule has 0 fully saturated rings. The summed E-state index contributed by atoms with van der Waals surface area (Å²) < 4.78 is 38.4. The van der Waals surface area contributed by atoms with Gasteiger partial charge < -0.3 is 9.13 Å². The van der Waals surface area contributed by atoms with Gasteiger partial charge >= 0.3 is 0 Å². The number of aromatic nitrogens is 12. The summed E-state index contributed by atoms with van der Waals surface area (Å²) in [6.07, 6.45) is 5.20. The minimum Gasteiger partial charge on any atom is -0.337 e. The van der Waals surface area contributed by atoms with Gasteiger partial charge in [0.15, 0.2) is 35.3 Å². The predicted octanol–water partition coefficient (Wildman–Crippen LogP) is 6.27. The maximum atomic E-state index is 15.8. The second kappa shape index (κ2) is 13.5. The van der Waals surface area contributed by atoms with Crippen molar-refractivity contribution in [1.82, 2.24) is 58.3 Å². The lowest BCUT2D eigenvalue weighted by atomic mass is 10.2. The van der Waals surface area contributed by atoms with Crippen molar-refractivity contribution in [3.63, 3.8) is 0 Å². The van der Waals surface area contributed by atoms with E-state index in [2.05, 4.69) is 35.0 Å². The molecule has 0 amide bonds. The largest absolute Gasteiger partial charge is 0.337 e. The third-order valence-electron chi connectivity index (χ3n) is 9.20. The second-order valence-corrected chi connectivity index (χ2v) is 13.0. The van der Waals surface area contributed by atoms with Gasteiger partial charge in [0.1, 0.15) is 11.6 Å². The van der Waals surface area contributed by atoms with E-state index in [1.165, 1.54) is 0 Å². The fourth-order valence-corrected chi connectivity index (χ4v) is 6.40. The van der Waals surface area contributed by atoms with Crippen LogP contribution in [0.5, 0.6) is 0 Å². The van der Waals surface area contributed by atoms with E-state index in [0.29, 0.717) is 58.7 Å². The summed E-state index contributed by atoms with van der Waals surface area (Å²) in [5.74, 6) is 1.33. The van der Waals surface area contributed by atoms with Gasteiger partial charge in [-0.1, -0.05) is 60.7 Å². The van der Waals surface area contributed by atoms with Crippen LogP contribution in [0.2, 0.25) is 0 Å². The van der Waals surface area contributed by atoms with E-state index in [4.69, 9.17) is 5.10 Å². The summed E-state index contributed by atoms with van der Waals surface area (Å²) in [5, 5.41) is 9.23. The average Bonchev–Trinajstić information content (AvgIpc) is 3.96. The Morgan fingerprint density at radius 3 is 2.08 bits per heavy atom. The molecule has 6 heterocycles. The Hall–Kier alpha value is -6.18. The molecule has 0 aliphatic carbocycles. The Morgan fingerprint density at radius 2 is 1.35 bits per heavy atom. The summed E-state index contributed by atoms with van der Waals surface area (Å²) in [6.45, 7) is 3.70. The Morgan fingerprint density at radius 1 is 0.654 bits per heavy atom. The summed E-state index contributed by atoms with van der Waals surface area (Å²) in [5.41, 5.74) is 7.26. The number of halogens is 2. The van der Waals surface area contributed by atoms with E-state index in [0.717, 1.165) is 28.2 Å². The number of nitrogens with zero attached hydrogens (tertiary/aromatic N) is 12. The van der Waals surface area contributed by atoms with E-state index in [9.17, 15) is 0 Å². The maximum Gasteiger partial charge on any atom is 0.186 e. The topological polar surface area (TPSA) is 122 Å². The minimum atomic E-state index is -1.47. The van der Waals surface area contributed by atoms with Crippen LogP contribution in [0.15, 0.2) is 85.5 Å². The molecular weight excluding hydrogens is 662 g/mol. The second-order valence-electron chi connectivity index (χ2n) is 13.0. The molecule has 6 aromatic heterocycles. The first-order valence-corrected chi connectivity index (χ1v) is 17.1. The highest BCUT2D eigenvalue weighted by atomic mass is 19.1. The molecular formula is C38H36F2N12. The summed E-state index contributed by atoms with van der Waals surface area (Å²) in [7, 11) is 3.65. The van der Waals surface area contributed by atoms with Crippen molar-refractivity contribution in [2.45, 2.75) is 51.9 Å². The number of imidazole rings is 2. The number of hydrogen-bond acceptors (Lipinski definition) is 8. The van der Waals surface area contributed by atoms with Gasteiger partial charge in [0.05, 0.1) is 34.2 Å². The van der Waals surface area contributed by atoms with Gasteiger partial charge in [-0.3, -0.25) is 9.97 Å². The molecule has 8 aromatic rings. The molecule has 14 heteroatoms. The van der Waals surface area contributed by atoms with Crippen molar-refractivity contribution in [2.24, 2.45) is 14.1 Å². The van der Waals surface area contributed by atoms with Gasteiger partial charge in [-0.15, -0.1) is 5.10 Å². The number of hydrogen-bond donors (Lipinski definition) is 0. The summed E-state index contributed by atoms with van der Waals surface area (Å²) in [4.78, 5) is 27.7. The van der Waals surface area contributed by atoms with Gasteiger partial charge in [-0.2, -0.15) is 5.10 Å². The van der Waals surface area contributed by atoms with E-state index in [1.54, 1.807) is 33.0 Å². The van der Waals surface area contributed by atoms with Gasteiger partial charge in [-0.05, 0) is 26.7 Å². The highest BCUT2D eigenvalue weighted by Crippen LogP contribution is 2.27. The molecule has 0 aliphatic rings. The maximum absolute atomic E-state index is 15.8. The lowest BCUT2D eigenvalue weighted by molar-refractivity contribution is 0.314. The van der Waals surface area contributed by atoms with Crippen molar-refractivity contribution in [1.29, 1.82) is 0 Å². The van der Waals surface area contributed by atoms with Gasteiger partial charge in [0.2, 0.25) is 0 Å². The van der Waals surface area contributed by atoms with Crippen LogP contribution in [0.1, 0.15) is 58.4 Å². The van der Waals surface area contributed by atoms with E-state index >= 15 is 8.78 Å². The number of rotatable bonds is 11. The fourth-order valence-electron chi connectivity index (χ4n) is 6.40. The normalized spacial score (nSPS) is 13.0. The van der Waals surface area contributed by atoms with Crippen molar-refractivity contribution in [2.75, 3.05) is 0 Å². The number of benzene rings is 2. The Labute approximate surface area is 297 Å². The standard InChI is InChI=1S/C38H36F2N12/c1-23-19-42-30(38-46-35(48-51(23)38)28(39)18-34-43-31(21-49(34)3)25-11-7-5-8-12-25)16-15-27-20-41-24(2)36-45-33(47-52(27)36)17-29(40)37-44-32(22-50(37)4)26-13-9-6-10-14-26/h5-14,19-22,28-29H,15-18H2,1-4H3. The zero-order chi connectivity index (χ0) is 35.9. The molecule has 2 aromatic carbocycles. The SMILES string of the molecule is Cc1ncc(CCc2ncc(C)n3nc(C(F)Cc4nc(-c5ccccc5)cn4C)nc23)n2nc(CC(F)c3nc(-c4ccccc4)cn3C)nc12. The molecule has 12 nitrogen and oxygen atoms in total.